The van der Waals surface area contributed by atoms with Gasteiger partial charge < -0.3 is 15.7 Å². The number of para-hydroxylation sites is 1. The van der Waals surface area contributed by atoms with Crippen LogP contribution in [0.3, 0.4) is 0 Å². The lowest BCUT2D eigenvalue weighted by Crippen LogP contribution is -2.45. The summed E-state index contributed by atoms with van der Waals surface area (Å²) in [5.74, 6) is -0.997. The van der Waals surface area contributed by atoms with Crippen molar-refractivity contribution in [2.75, 3.05) is 18.8 Å². The first-order chi connectivity index (χ1) is 10.3. The van der Waals surface area contributed by atoms with Gasteiger partial charge in [-0.15, -0.1) is 12.4 Å². The zero-order valence-corrected chi connectivity index (χ0v) is 13.2. The van der Waals surface area contributed by atoms with E-state index in [1.165, 1.54) is 4.90 Å². The molecule has 1 amide bonds. The summed E-state index contributed by atoms with van der Waals surface area (Å²) < 4.78 is 37.4. The quantitative estimate of drug-likeness (QED) is 0.821. The number of piperidine rings is 1. The molecule has 1 unspecified atom stereocenters. The normalized spacial score (nSPS) is 17.5. The van der Waals surface area contributed by atoms with E-state index in [1.54, 1.807) is 24.3 Å². The van der Waals surface area contributed by atoms with Crippen molar-refractivity contribution >= 4 is 24.0 Å². The smallest absolute Gasteiger partial charge is 0.398 e. The van der Waals surface area contributed by atoms with Crippen molar-refractivity contribution in [2.24, 2.45) is 5.92 Å². The highest BCUT2D eigenvalue weighted by atomic mass is 35.5. The highest BCUT2D eigenvalue weighted by molar-refractivity contribution is 5.85. The zero-order chi connectivity index (χ0) is 16.3. The maximum atomic E-state index is 12.5. The molecule has 0 bridgehead atoms. The topological polar surface area (TPSA) is 66.6 Å². The average molecular weight is 353 g/mol. The fourth-order valence-corrected chi connectivity index (χ4v) is 2.70. The number of carbonyl (C=O) groups is 1. The predicted molar refractivity (Wildman–Crippen MR) is 83.2 cm³/mol. The first kappa shape index (κ1) is 19.6. The van der Waals surface area contributed by atoms with Crippen molar-refractivity contribution in [3.05, 3.63) is 29.8 Å². The molecule has 130 valence electrons. The van der Waals surface area contributed by atoms with Gasteiger partial charge in [0, 0.05) is 18.8 Å². The highest BCUT2D eigenvalue weighted by Crippen LogP contribution is 2.31. The van der Waals surface area contributed by atoms with Gasteiger partial charge in [0.15, 0.2) is 6.10 Å². The van der Waals surface area contributed by atoms with Crippen LogP contribution in [0.2, 0.25) is 0 Å². The summed E-state index contributed by atoms with van der Waals surface area (Å²) in [6, 6.07) is 7.01. The third kappa shape index (κ3) is 5.00. The average Bonchev–Trinajstić information content (AvgIpc) is 2.48. The molecule has 3 N–H and O–H groups in total. The molecule has 1 aliphatic heterocycles. The SMILES string of the molecule is Cl.Nc1ccccc1CC(=O)N1CCC(C(O)C(F)(F)F)CC1. The molecule has 0 radical (unpaired) electrons. The fraction of sp³-hybridized carbons (Fsp3) is 0.533. The van der Waals surface area contributed by atoms with Gasteiger partial charge in [-0.2, -0.15) is 13.2 Å². The molecule has 1 heterocycles. The van der Waals surface area contributed by atoms with Gasteiger partial charge in [0.2, 0.25) is 5.91 Å². The molecular formula is C15H20ClF3N2O2. The first-order valence-corrected chi connectivity index (χ1v) is 7.15. The van der Waals surface area contributed by atoms with E-state index >= 15 is 0 Å². The molecule has 1 aliphatic rings. The maximum Gasteiger partial charge on any atom is 0.414 e. The number of aliphatic hydroxyl groups is 1. The Hall–Kier alpha value is -1.47. The van der Waals surface area contributed by atoms with Crippen LogP contribution in [0.4, 0.5) is 18.9 Å². The van der Waals surface area contributed by atoms with Gasteiger partial charge in [-0.1, -0.05) is 18.2 Å². The van der Waals surface area contributed by atoms with E-state index in [-0.39, 0.29) is 50.7 Å². The van der Waals surface area contributed by atoms with E-state index in [1.807, 2.05) is 0 Å². The monoisotopic (exact) mass is 352 g/mol. The lowest BCUT2D eigenvalue weighted by molar-refractivity contribution is -0.222. The van der Waals surface area contributed by atoms with Crippen molar-refractivity contribution in [1.29, 1.82) is 0 Å². The molecule has 1 saturated heterocycles. The number of anilines is 1. The number of alkyl halides is 3. The van der Waals surface area contributed by atoms with Crippen molar-refractivity contribution in [3.8, 4) is 0 Å². The lowest BCUT2D eigenvalue weighted by atomic mass is 9.90. The molecule has 1 atom stereocenters. The number of amides is 1. The summed E-state index contributed by atoms with van der Waals surface area (Å²) in [6.45, 7) is 0.451. The Morgan fingerprint density at radius 2 is 1.87 bits per heavy atom. The van der Waals surface area contributed by atoms with Gasteiger partial charge in [-0.05, 0) is 30.4 Å². The summed E-state index contributed by atoms with van der Waals surface area (Å²) in [4.78, 5) is 13.7. The number of halogens is 4. The Balaban J connectivity index is 0.00000264. The molecule has 0 saturated carbocycles. The second kappa shape index (κ2) is 7.88. The molecule has 4 nitrogen and oxygen atoms in total. The van der Waals surface area contributed by atoms with Crippen molar-refractivity contribution in [3.63, 3.8) is 0 Å². The van der Waals surface area contributed by atoms with Crippen LogP contribution >= 0.6 is 12.4 Å². The summed E-state index contributed by atoms with van der Waals surface area (Å²) in [5.41, 5.74) is 7.02. The zero-order valence-electron chi connectivity index (χ0n) is 12.4. The van der Waals surface area contributed by atoms with E-state index in [2.05, 4.69) is 0 Å². The molecule has 0 spiro atoms. The number of hydrogen-bond donors (Lipinski definition) is 2. The molecular weight excluding hydrogens is 333 g/mol. The van der Waals surface area contributed by atoms with Gasteiger partial charge in [-0.3, -0.25) is 4.79 Å². The number of aliphatic hydroxyl groups excluding tert-OH is 1. The highest BCUT2D eigenvalue weighted by Gasteiger charge is 2.44. The third-order valence-corrected chi connectivity index (χ3v) is 4.07. The Bertz CT molecular complexity index is 532. The Morgan fingerprint density at radius 1 is 1.30 bits per heavy atom. The second-order valence-electron chi connectivity index (χ2n) is 5.58. The molecule has 8 heteroatoms. The van der Waals surface area contributed by atoms with E-state index in [0.717, 1.165) is 0 Å². The third-order valence-electron chi connectivity index (χ3n) is 4.07. The summed E-state index contributed by atoms with van der Waals surface area (Å²) in [7, 11) is 0. The molecule has 0 aliphatic carbocycles. The fourth-order valence-electron chi connectivity index (χ4n) is 2.70. The van der Waals surface area contributed by atoms with Crippen LogP contribution in [0, 0.1) is 5.92 Å². The number of hydrogen-bond acceptors (Lipinski definition) is 3. The minimum absolute atomic E-state index is 0. The van der Waals surface area contributed by atoms with Crippen LogP contribution in [0.25, 0.3) is 0 Å². The van der Waals surface area contributed by atoms with Gasteiger partial charge in [0.25, 0.3) is 0 Å². The van der Waals surface area contributed by atoms with Crippen molar-refractivity contribution < 1.29 is 23.1 Å². The van der Waals surface area contributed by atoms with E-state index in [4.69, 9.17) is 5.73 Å². The number of nitrogens with zero attached hydrogens (tertiary/aromatic N) is 1. The second-order valence-corrected chi connectivity index (χ2v) is 5.58. The van der Waals surface area contributed by atoms with Crippen LogP contribution in [0.5, 0.6) is 0 Å². The van der Waals surface area contributed by atoms with Crippen molar-refractivity contribution in [1.82, 2.24) is 4.90 Å². The van der Waals surface area contributed by atoms with Gasteiger partial charge in [-0.25, -0.2) is 0 Å². The summed E-state index contributed by atoms with van der Waals surface area (Å²) in [6.07, 6.45) is -6.48. The minimum Gasteiger partial charge on any atom is -0.398 e. The van der Waals surface area contributed by atoms with Crippen LogP contribution in [-0.4, -0.2) is 41.3 Å². The van der Waals surface area contributed by atoms with Crippen LogP contribution in [-0.2, 0) is 11.2 Å². The number of carbonyl (C=O) groups excluding carboxylic acids is 1. The maximum absolute atomic E-state index is 12.5. The molecule has 2 rings (SSSR count). The Morgan fingerprint density at radius 3 is 2.39 bits per heavy atom. The molecule has 1 fully saturated rings. The molecule has 0 aromatic heterocycles. The van der Waals surface area contributed by atoms with Crippen LogP contribution in [0.15, 0.2) is 24.3 Å². The molecule has 1 aromatic rings. The van der Waals surface area contributed by atoms with Gasteiger partial charge >= 0.3 is 6.18 Å². The first-order valence-electron chi connectivity index (χ1n) is 7.15. The summed E-state index contributed by atoms with van der Waals surface area (Å²) >= 11 is 0. The number of rotatable bonds is 3. The predicted octanol–water partition coefficient (Wildman–Crippen LogP) is 2.39. The van der Waals surface area contributed by atoms with Crippen LogP contribution in [0.1, 0.15) is 18.4 Å². The largest absolute Gasteiger partial charge is 0.414 e. The van der Waals surface area contributed by atoms with Gasteiger partial charge in [0.1, 0.15) is 0 Å². The van der Waals surface area contributed by atoms with E-state index in [9.17, 15) is 23.1 Å². The summed E-state index contributed by atoms with van der Waals surface area (Å²) in [5, 5.41) is 9.26. The number of likely N-dealkylation sites (tertiary alicyclic amines) is 1. The number of nitrogen functional groups attached to an aromatic ring is 1. The minimum atomic E-state index is -4.60. The standard InChI is InChI=1S/C15H19F3N2O2.ClH/c16-15(17,18)14(22)10-5-7-20(8-6-10)13(21)9-11-3-1-2-4-12(11)19;/h1-4,10,14,22H,5-9,19H2;1H. The number of benzene rings is 1. The Labute approximate surface area is 138 Å². The molecule has 23 heavy (non-hydrogen) atoms. The number of nitrogens with two attached hydrogens (primary N) is 1. The van der Waals surface area contributed by atoms with E-state index < -0.39 is 18.2 Å². The van der Waals surface area contributed by atoms with E-state index in [0.29, 0.717) is 11.3 Å². The molecule has 1 aromatic carbocycles. The van der Waals surface area contributed by atoms with Crippen molar-refractivity contribution in [2.45, 2.75) is 31.5 Å². The lowest BCUT2D eigenvalue weighted by Gasteiger charge is -2.34. The van der Waals surface area contributed by atoms with Gasteiger partial charge in [0.05, 0.1) is 6.42 Å². The van der Waals surface area contributed by atoms with Crippen LogP contribution < -0.4 is 5.73 Å². The Kier molecular flexibility index (Phi) is 6.70.